The molecule has 2 N–H and O–H groups in total. The fraction of sp³-hybridized carbons (Fsp3) is 0.818. The normalized spacial score (nSPS) is 29.9. The van der Waals surface area contributed by atoms with Crippen molar-refractivity contribution in [2.45, 2.75) is 12.5 Å². The van der Waals surface area contributed by atoms with Gasteiger partial charge in [-0.1, -0.05) is 0 Å². The van der Waals surface area contributed by atoms with Gasteiger partial charge < -0.3 is 20.3 Å². The molecule has 6 heteroatoms. The summed E-state index contributed by atoms with van der Waals surface area (Å²) in [4.78, 5) is 25.4. The maximum atomic E-state index is 12.3. The zero-order chi connectivity index (χ0) is 12.3. The third-order valence-electron chi connectivity index (χ3n) is 3.34. The molecule has 0 aromatic heterocycles. The average molecular weight is 241 g/mol. The molecule has 2 saturated heterocycles. The van der Waals surface area contributed by atoms with Crippen LogP contribution in [0, 0.1) is 5.92 Å². The van der Waals surface area contributed by atoms with Crippen LogP contribution in [0.3, 0.4) is 0 Å². The summed E-state index contributed by atoms with van der Waals surface area (Å²) >= 11 is 0. The Morgan fingerprint density at radius 2 is 2.35 bits per heavy atom. The SMILES string of the molecule is CNC1COCC1C(=O)N1CCCNC(=O)C1. The Labute approximate surface area is 101 Å². The molecule has 96 valence electrons. The van der Waals surface area contributed by atoms with Gasteiger partial charge in [0.15, 0.2) is 0 Å². The molecule has 2 unspecified atom stereocenters. The van der Waals surface area contributed by atoms with Crippen LogP contribution in [0.25, 0.3) is 0 Å². The highest BCUT2D eigenvalue weighted by Gasteiger charge is 2.36. The van der Waals surface area contributed by atoms with Crippen molar-refractivity contribution in [1.29, 1.82) is 0 Å². The molecule has 2 amide bonds. The maximum absolute atomic E-state index is 12.3. The van der Waals surface area contributed by atoms with Crippen LogP contribution < -0.4 is 10.6 Å². The van der Waals surface area contributed by atoms with Crippen molar-refractivity contribution < 1.29 is 14.3 Å². The van der Waals surface area contributed by atoms with Crippen molar-refractivity contribution in [3.8, 4) is 0 Å². The summed E-state index contributed by atoms with van der Waals surface area (Å²) in [5, 5.41) is 5.85. The Kier molecular flexibility index (Phi) is 3.96. The first kappa shape index (κ1) is 12.3. The van der Waals surface area contributed by atoms with Crippen molar-refractivity contribution in [2.75, 3.05) is 39.9 Å². The topological polar surface area (TPSA) is 70.7 Å². The molecular weight excluding hydrogens is 222 g/mol. The molecule has 17 heavy (non-hydrogen) atoms. The van der Waals surface area contributed by atoms with Gasteiger partial charge in [-0.25, -0.2) is 0 Å². The Bertz CT molecular complexity index is 308. The second-order valence-corrected chi connectivity index (χ2v) is 4.50. The van der Waals surface area contributed by atoms with Gasteiger partial charge in [-0.15, -0.1) is 0 Å². The molecule has 2 rings (SSSR count). The average Bonchev–Trinajstić information content (AvgIpc) is 2.70. The van der Waals surface area contributed by atoms with Crippen molar-refractivity contribution in [3.05, 3.63) is 0 Å². The summed E-state index contributed by atoms with van der Waals surface area (Å²) in [7, 11) is 1.83. The zero-order valence-electron chi connectivity index (χ0n) is 10.1. The van der Waals surface area contributed by atoms with E-state index in [1.54, 1.807) is 4.90 Å². The Balaban J connectivity index is 2.00. The van der Waals surface area contributed by atoms with Crippen LogP contribution in [0.2, 0.25) is 0 Å². The highest BCUT2D eigenvalue weighted by Crippen LogP contribution is 2.17. The molecule has 0 saturated carbocycles. The number of carbonyl (C=O) groups is 2. The van der Waals surface area contributed by atoms with Crippen LogP contribution in [0.4, 0.5) is 0 Å². The molecule has 0 aromatic carbocycles. The van der Waals surface area contributed by atoms with E-state index < -0.39 is 0 Å². The van der Waals surface area contributed by atoms with E-state index in [4.69, 9.17) is 4.74 Å². The summed E-state index contributed by atoms with van der Waals surface area (Å²) in [5.74, 6) is -0.208. The van der Waals surface area contributed by atoms with Gasteiger partial charge >= 0.3 is 0 Å². The Hall–Kier alpha value is -1.14. The van der Waals surface area contributed by atoms with Crippen LogP contribution in [-0.4, -0.2) is 62.7 Å². The van der Waals surface area contributed by atoms with Gasteiger partial charge in [-0.3, -0.25) is 9.59 Å². The smallest absolute Gasteiger partial charge is 0.239 e. The minimum absolute atomic E-state index is 0.0268. The van der Waals surface area contributed by atoms with Gasteiger partial charge in [0.05, 0.1) is 25.7 Å². The maximum Gasteiger partial charge on any atom is 0.239 e. The third kappa shape index (κ3) is 2.76. The van der Waals surface area contributed by atoms with Gasteiger partial charge in [0, 0.05) is 19.1 Å². The summed E-state index contributed by atoms with van der Waals surface area (Å²) < 4.78 is 5.32. The Morgan fingerprint density at radius 1 is 1.53 bits per heavy atom. The van der Waals surface area contributed by atoms with Crippen molar-refractivity contribution in [2.24, 2.45) is 5.92 Å². The number of amides is 2. The predicted octanol–water partition coefficient (Wildman–Crippen LogP) is -1.43. The predicted molar refractivity (Wildman–Crippen MR) is 61.4 cm³/mol. The molecule has 0 bridgehead atoms. The number of rotatable bonds is 2. The number of carbonyl (C=O) groups excluding carboxylic acids is 2. The fourth-order valence-electron chi connectivity index (χ4n) is 2.31. The van der Waals surface area contributed by atoms with Crippen molar-refractivity contribution >= 4 is 11.8 Å². The molecule has 2 atom stereocenters. The van der Waals surface area contributed by atoms with Crippen LogP contribution in [-0.2, 0) is 14.3 Å². The lowest BCUT2D eigenvalue weighted by molar-refractivity contribution is -0.139. The first-order chi connectivity index (χ1) is 8.22. The molecule has 2 fully saturated rings. The lowest BCUT2D eigenvalue weighted by Crippen LogP contribution is -2.46. The summed E-state index contributed by atoms with van der Waals surface area (Å²) in [6.45, 7) is 2.48. The monoisotopic (exact) mass is 241 g/mol. The number of nitrogens with zero attached hydrogens (tertiary/aromatic N) is 1. The van der Waals surface area contributed by atoms with Crippen LogP contribution in [0.15, 0.2) is 0 Å². The standard InChI is InChI=1S/C11H19N3O3/c1-12-9-7-17-6-8(9)11(16)14-4-2-3-13-10(15)5-14/h8-9,12H,2-7H2,1H3,(H,13,15). The van der Waals surface area contributed by atoms with E-state index in [-0.39, 0.29) is 30.3 Å². The number of ether oxygens (including phenoxy) is 1. The number of likely N-dealkylation sites (N-methyl/N-ethyl adjacent to an activating group) is 1. The van der Waals surface area contributed by atoms with E-state index in [1.807, 2.05) is 7.05 Å². The lowest BCUT2D eigenvalue weighted by Gasteiger charge is -2.25. The zero-order valence-corrected chi connectivity index (χ0v) is 10.1. The highest BCUT2D eigenvalue weighted by atomic mass is 16.5. The third-order valence-corrected chi connectivity index (χ3v) is 3.34. The van der Waals surface area contributed by atoms with Crippen LogP contribution in [0.1, 0.15) is 6.42 Å². The molecule has 6 nitrogen and oxygen atoms in total. The van der Waals surface area contributed by atoms with E-state index in [2.05, 4.69) is 10.6 Å². The van der Waals surface area contributed by atoms with E-state index in [1.165, 1.54) is 0 Å². The Morgan fingerprint density at radius 3 is 3.12 bits per heavy atom. The van der Waals surface area contributed by atoms with Crippen LogP contribution >= 0.6 is 0 Å². The fourth-order valence-corrected chi connectivity index (χ4v) is 2.31. The molecule has 0 aliphatic carbocycles. The molecule has 0 aromatic rings. The van der Waals surface area contributed by atoms with Crippen LogP contribution in [0.5, 0.6) is 0 Å². The quantitative estimate of drug-likeness (QED) is 0.622. The molecule has 0 spiro atoms. The van der Waals surface area contributed by atoms with E-state index in [0.29, 0.717) is 26.3 Å². The second-order valence-electron chi connectivity index (χ2n) is 4.50. The summed E-state index contributed by atoms with van der Waals surface area (Å²) in [6, 6.07) is 0.0637. The van der Waals surface area contributed by atoms with Gasteiger partial charge in [0.1, 0.15) is 0 Å². The highest BCUT2D eigenvalue weighted by molar-refractivity contribution is 5.86. The summed E-state index contributed by atoms with van der Waals surface area (Å²) in [5.41, 5.74) is 0. The molecular formula is C11H19N3O3. The molecule has 2 aliphatic heterocycles. The van der Waals surface area contributed by atoms with E-state index in [9.17, 15) is 9.59 Å². The molecule has 2 heterocycles. The summed E-state index contributed by atoms with van der Waals surface area (Å²) in [6.07, 6.45) is 0.815. The number of hydrogen-bond acceptors (Lipinski definition) is 4. The largest absolute Gasteiger partial charge is 0.379 e. The first-order valence-corrected chi connectivity index (χ1v) is 6.03. The number of hydrogen-bond donors (Lipinski definition) is 2. The van der Waals surface area contributed by atoms with Gasteiger partial charge in [-0.2, -0.15) is 0 Å². The van der Waals surface area contributed by atoms with Crippen molar-refractivity contribution in [3.63, 3.8) is 0 Å². The molecule has 0 radical (unpaired) electrons. The minimum Gasteiger partial charge on any atom is -0.379 e. The molecule has 2 aliphatic rings. The van der Waals surface area contributed by atoms with Gasteiger partial charge in [0.25, 0.3) is 0 Å². The first-order valence-electron chi connectivity index (χ1n) is 6.03. The van der Waals surface area contributed by atoms with E-state index >= 15 is 0 Å². The number of nitrogens with one attached hydrogen (secondary N) is 2. The van der Waals surface area contributed by atoms with Crippen molar-refractivity contribution in [1.82, 2.24) is 15.5 Å². The second kappa shape index (κ2) is 5.46. The minimum atomic E-state index is -0.161. The van der Waals surface area contributed by atoms with Gasteiger partial charge in [-0.05, 0) is 13.5 Å². The lowest BCUT2D eigenvalue weighted by atomic mass is 10.0. The van der Waals surface area contributed by atoms with E-state index in [0.717, 1.165) is 6.42 Å². The van der Waals surface area contributed by atoms with Gasteiger partial charge in [0.2, 0.25) is 11.8 Å².